The molecule has 2 unspecified atom stereocenters. The van der Waals surface area contributed by atoms with Gasteiger partial charge < -0.3 is 10.1 Å². The third-order valence-corrected chi connectivity index (χ3v) is 6.23. The lowest BCUT2D eigenvalue weighted by Gasteiger charge is -2.20. The van der Waals surface area contributed by atoms with Crippen LogP contribution in [0.15, 0.2) is 54.6 Å². The molecule has 0 aromatic heterocycles. The van der Waals surface area contributed by atoms with Crippen molar-refractivity contribution in [2.24, 2.45) is 5.92 Å². The van der Waals surface area contributed by atoms with Crippen LogP contribution >= 0.6 is 8.58 Å². The summed E-state index contributed by atoms with van der Waals surface area (Å²) in [6.45, 7) is 8.12. The third kappa shape index (κ3) is 5.31. The van der Waals surface area contributed by atoms with Crippen molar-refractivity contribution in [3.8, 4) is 5.75 Å². The molecule has 1 aliphatic rings. The number of rotatable bonds is 7. The maximum atomic E-state index is 6.36. The summed E-state index contributed by atoms with van der Waals surface area (Å²) in [5, 5.41) is 6.01. The number of hydrogen-bond acceptors (Lipinski definition) is 2. The number of nitrogens with one attached hydrogen (secondary N) is 1. The SMILES string of the molecule is CNCc1cc(C)ccc1Pc1cc(C)cc(C)c1OCC1C=CC=CC1. The zero-order chi connectivity index (χ0) is 19.2. The largest absolute Gasteiger partial charge is 0.492 e. The van der Waals surface area contributed by atoms with E-state index in [0.717, 1.165) is 25.3 Å². The van der Waals surface area contributed by atoms with Crippen LogP contribution in [0.5, 0.6) is 5.75 Å². The molecule has 0 heterocycles. The van der Waals surface area contributed by atoms with Crippen LogP contribution in [-0.2, 0) is 6.54 Å². The van der Waals surface area contributed by atoms with Crippen molar-refractivity contribution in [2.45, 2.75) is 33.7 Å². The van der Waals surface area contributed by atoms with Gasteiger partial charge in [0.1, 0.15) is 5.75 Å². The van der Waals surface area contributed by atoms with Gasteiger partial charge in [-0.2, -0.15) is 0 Å². The number of ether oxygens (including phenoxy) is 1. The lowest BCUT2D eigenvalue weighted by atomic mass is 10.0. The zero-order valence-electron chi connectivity index (χ0n) is 16.8. The van der Waals surface area contributed by atoms with Gasteiger partial charge in [-0.15, -0.1) is 0 Å². The third-order valence-electron chi connectivity index (χ3n) is 4.83. The highest BCUT2D eigenvalue weighted by molar-refractivity contribution is 7.55. The molecule has 142 valence electrons. The molecule has 27 heavy (non-hydrogen) atoms. The van der Waals surface area contributed by atoms with Crippen LogP contribution in [0.25, 0.3) is 0 Å². The molecule has 0 radical (unpaired) electrons. The Morgan fingerprint density at radius 3 is 2.63 bits per heavy atom. The van der Waals surface area contributed by atoms with Crippen molar-refractivity contribution in [3.05, 3.63) is 76.9 Å². The van der Waals surface area contributed by atoms with E-state index < -0.39 is 0 Å². The second-order valence-corrected chi connectivity index (χ2v) is 8.72. The topological polar surface area (TPSA) is 21.3 Å². The molecule has 2 aromatic rings. The molecule has 0 spiro atoms. The van der Waals surface area contributed by atoms with E-state index in [1.807, 2.05) is 7.05 Å². The second kappa shape index (κ2) is 9.35. The molecule has 2 atom stereocenters. The minimum atomic E-state index is 0.464. The molecule has 0 aliphatic heterocycles. The molecule has 0 amide bonds. The molecule has 1 aliphatic carbocycles. The van der Waals surface area contributed by atoms with E-state index in [2.05, 4.69) is 80.7 Å². The molecule has 3 rings (SSSR count). The summed E-state index contributed by atoms with van der Waals surface area (Å²) in [5.74, 6) is 1.53. The van der Waals surface area contributed by atoms with Crippen molar-refractivity contribution >= 4 is 19.2 Å². The van der Waals surface area contributed by atoms with E-state index in [-0.39, 0.29) is 0 Å². The summed E-state index contributed by atoms with van der Waals surface area (Å²) in [5.41, 5.74) is 5.21. The Morgan fingerprint density at radius 2 is 1.89 bits per heavy atom. The summed E-state index contributed by atoms with van der Waals surface area (Å²) < 4.78 is 6.36. The quantitative estimate of drug-likeness (QED) is 0.717. The van der Waals surface area contributed by atoms with Crippen LogP contribution in [-0.4, -0.2) is 13.7 Å². The highest BCUT2D eigenvalue weighted by atomic mass is 31.1. The fourth-order valence-electron chi connectivity index (χ4n) is 3.51. The molecule has 2 aromatic carbocycles. The fourth-order valence-corrected chi connectivity index (χ4v) is 4.97. The van der Waals surface area contributed by atoms with Crippen LogP contribution < -0.4 is 20.7 Å². The Hall–Kier alpha value is -1.89. The van der Waals surface area contributed by atoms with Crippen LogP contribution in [0.4, 0.5) is 0 Å². The predicted molar refractivity (Wildman–Crippen MR) is 119 cm³/mol. The number of benzene rings is 2. The van der Waals surface area contributed by atoms with Crippen LogP contribution in [0.1, 0.15) is 28.7 Å². The first-order valence-corrected chi connectivity index (χ1v) is 10.7. The number of allylic oxidation sites excluding steroid dienone is 3. The van der Waals surface area contributed by atoms with Gasteiger partial charge in [0.25, 0.3) is 0 Å². The van der Waals surface area contributed by atoms with E-state index in [1.54, 1.807) is 0 Å². The molecule has 0 fully saturated rings. The van der Waals surface area contributed by atoms with Gasteiger partial charge in [-0.25, -0.2) is 0 Å². The molecule has 1 N–H and O–H groups in total. The monoisotopic (exact) mass is 379 g/mol. The number of hydrogen-bond donors (Lipinski definition) is 1. The standard InChI is InChI=1S/C24H30NOP/c1-17-10-11-22(21(13-17)15-25-4)27-23-14-18(2)12-19(3)24(23)26-16-20-8-6-5-7-9-20/h5-8,10-14,20,25,27H,9,15-16H2,1-4H3. The maximum absolute atomic E-state index is 6.36. The Morgan fingerprint density at radius 1 is 1.04 bits per heavy atom. The minimum Gasteiger partial charge on any atom is -0.492 e. The Bertz CT molecular complexity index is 854. The summed E-state index contributed by atoms with van der Waals surface area (Å²) in [4.78, 5) is 0. The highest BCUT2D eigenvalue weighted by Crippen LogP contribution is 2.27. The minimum absolute atomic E-state index is 0.464. The Balaban J connectivity index is 1.86. The van der Waals surface area contributed by atoms with Gasteiger partial charge in [-0.3, -0.25) is 0 Å². The smallest absolute Gasteiger partial charge is 0.129 e. The molecule has 0 saturated carbocycles. The average Bonchev–Trinajstić information content (AvgIpc) is 2.64. The Labute approximate surface area is 165 Å². The predicted octanol–water partition coefficient (Wildman–Crippen LogP) is 4.47. The first-order valence-electron chi connectivity index (χ1n) is 9.65. The summed E-state index contributed by atoms with van der Waals surface area (Å²) in [7, 11) is 2.60. The fraction of sp³-hybridized carbons (Fsp3) is 0.333. The normalized spacial score (nSPS) is 16.4. The van der Waals surface area contributed by atoms with Crippen molar-refractivity contribution in [1.29, 1.82) is 0 Å². The Kier molecular flexibility index (Phi) is 6.88. The summed E-state index contributed by atoms with van der Waals surface area (Å²) in [6.07, 6.45) is 9.76. The molecule has 2 nitrogen and oxygen atoms in total. The van der Waals surface area contributed by atoms with Gasteiger partial charge in [-0.1, -0.05) is 62.7 Å². The van der Waals surface area contributed by atoms with E-state index in [9.17, 15) is 0 Å². The first kappa shape index (κ1) is 19.9. The molecule has 0 bridgehead atoms. The van der Waals surface area contributed by atoms with Crippen LogP contribution in [0.2, 0.25) is 0 Å². The molecular formula is C24H30NOP. The van der Waals surface area contributed by atoms with Crippen LogP contribution in [0, 0.1) is 26.7 Å². The molecule has 3 heteroatoms. The summed E-state index contributed by atoms with van der Waals surface area (Å²) in [6, 6.07) is 11.3. The van der Waals surface area contributed by atoms with E-state index in [1.165, 1.54) is 32.9 Å². The number of aryl methyl sites for hydroxylation is 3. The van der Waals surface area contributed by atoms with Gasteiger partial charge >= 0.3 is 0 Å². The first-order chi connectivity index (χ1) is 13.1. The molecular weight excluding hydrogens is 349 g/mol. The average molecular weight is 379 g/mol. The highest BCUT2D eigenvalue weighted by Gasteiger charge is 2.14. The lowest BCUT2D eigenvalue weighted by Crippen LogP contribution is -2.19. The van der Waals surface area contributed by atoms with Crippen molar-refractivity contribution in [2.75, 3.05) is 13.7 Å². The summed E-state index contributed by atoms with van der Waals surface area (Å²) >= 11 is 0. The van der Waals surface area contributed by atoms with E-state index in [0.29, 0.717) is 14.5 Å². The van der Waals surface area contributed by atoms with Crippen molar-refractivity contribution < 1.29 is 4.74 Å². The lowest BCUT2D eigenvalue weighted by molar-refractivity contribution is 0.276. The van der Waals surface area contributed by atoms with Gasteiger partial charge in [0.2, 0.25) is 0 Å². The second-order valence-electron chi connectivity index (χ2n) is 7.39. The maximum Gasteiger partial charge on any atom is 0.129 e. The van der Waals surface area contributed by atoms with Gasteiger partial charge in [0.15, 0.2) is 0 Å². The zero-order valence-corrected chi connectivity index (χ0v) is 17.8. The van der Waals surface area contributed by atoms with E-state index in [4.69, 9.17) is 4.74 Å². The van der Waals surface area contributed by atoms with Crippen molar-refractivity contribution in [3.63, 3.8) is 0 Å². The van der Waals surface area contributed by atoms with Gasteiger partial charge in [-0.05, 0) is 62.3 Å². The van der Waals surface area contributed by atoms with Gasteiger partial charge in [0, 0.05) is 17.8 Å². The molecule has 0 saturated heterocycles. The van der Waals surface area contributed by atoms with Crippen LogP contribution in [0.3, 0.4) is 0 Å². The van der Waals surface area contributed by atoms with Gasteiger partial charge in [0.05, 0.1) is 6.61 Å². The van der Waals surface area contributed by atoms with E-state index >= 15 is 0 Å². The van der Waals surface area contributed by atoms with Crippen molar-refractivity contribution in [1.82, 2.24) is 5.32 Å².